The third kappa shape index (κ3) is 2.73. The van der Waals surface area contributed by atoms with Crippen molar-refractivity contribution < 1.29 is 18.7 Å². The first-order chi connectivity index (χ1) is 13.9. The van der Waals surface area contributed by atoms with Crippen molar-refractivity contribution in [3.05, 3.63) is 56.5 Å². The van der Waals surface area contributed by atoms with Gasteiger partial charge in [0.15, 0.2) is 11.5 Å². The topological polar surface area (TPSA) is 38.8 Å². The minimum atomic E-state index is -0.705. The Balaban J connectivity index is 1.79. The Labute approximate surface area is 179 Å². The summed E-state index contributed by atoms with van der Waals surface area (Å²) in [6.45, 7) is 4.83. The van der Waals surface area contributed by atoms with Crippen molar-refractivity contribution in [1.29, 1.82) is 0 Å². The van der Waals surface area contributed by atoms with E-state index in [1.807, 2.05) is 26.0 Å². The van der Waals surface area contributed by atoms with Gasteiger partial charge in [0.05, 0.1) is 21.7 Å². The van der Waals surface area contributed by atoms with Crippen LogP contribution in [0, 0.1) is 9.64 Å². The Morgan fingerprint density at radius 2 is 1.83 bits per heavy atom. The molecule has 0 bridgehead atoms. The number of hydrogen-bond donors (Lipinski definition) is 0. The molecule has 0 unspecified atom stereocenters. The number of rotatable bonds is 1. The molecule has 29 heavy (non-hydrogen) atoms. The lowest BCUT2D eigenvalue weighted by molar-refractivity contribution is 0.0957. The van der Waals surface area contributed by atoms with Crippen molar-refractivity contribution >= 4 is 44.5 Å². The smallest absolute Gasteiger partial charge is 0.262 e. The second-order valence-corrected chi connectivity index (χ2v) is 10.2. The molecule has 0 N–H and O–H groups in total. The lowest BCUT2D eigenvalue weighted by Gasteiger charge is -2.43. The van der Waals surface area contributed by atoms with Gasteiger partial charge in [0.1, 0.15) is 22.9 Å². The molecule has 2 aromatic carbocycles. The van der Waals surface area contributed by atoms with Crippen molar-refractivity contribution in [2.45, 2.75) is 19.4 Å². The van der Waals surface area contributed by atoms with Gasteiger partial charge in [-0.2, -0.15) is 0 Å². The van der Waals surface area contributed by atoms with Crippen LogP contribution in [0.25, 0.3) is 11.1 Å². The third-order valence-electron chi connectivity index (χ3n) is 5.22. The summed E-state index contributed by atoms with van der Waals surface area (Å²) in [4.78, 5) is 16.2. The molecular weight excluding hydrogens is 429 g/mol. The summed E-state index contributed by atoms with van der Waals surface area (Å²) in [5, 5.41) is 0. The predicted molar refractivity (Wildman–Crippen MR) is 116 cm³/mol. The van der Waals surface area contributed by atoms with Crippen LogP contribution in [-0.2, 0) is 5.54 Å². The second-order valence-electron chi connectivity index (χ2n) is 7.35. The Kier molecular flexibility index (Phi) is 4.27. The van der Waals surface area contributed by atoms with Gasteiger partial charge in [0.2, 0.25) is 0 Å². The largest absolute Gasteiger partial charge is 0.486 e. The molecule has 4 nitrogen and oxygen atoms in total. The molecular formula is C21H16FNO3S3. The minimum absolute atomic E-state index is 0.0312. The molecule has 2 aliphatic rings. The van der Waals surface area contributed by atoms with E-state index >= 15 is 0 Å². The van der Waals surface area contributed by atoms with Crippen molar-refractivity contribution in [2.24, 2.45) is 0 Å². The summed E-state index contributed by atoms with van der Waals surface area (Å²) in [6.07, 6.45) is 0. The fourth-order valence-corrected chi connectivity index (χ4v) is 7.16. The van der Waals surface area contributed by atoms with E-state index in [4.69, 9.17) is 21.7 Å². The first-order valence-electron chi connectivity index (χ1n) is 9.06. The van der Waals surface area contributed by atoms with Gasteiger partial charge in [0, 0.05) is 17.2 Å². The van der Waals surface area contributed by atoms with E-state index in [1.54, 1.807) is 27.4 Å². The maximum Gasteiger partial charge on any atom is 0.262 e. The molecule has 1 aromatic heterocycles. The molecule has 5 rings (SSSR count). The fourth-order valence-electron chi connectivity index (χ4n) is 3.88. The van der Waals surface area contributed by atoms with E-state index in [2.05, 4.69) is 0 Å². The molecule has 148 valence electrons. The second kappa shape index (κ2) is 6.62. The lowest BCUT2D eigenvalue weighted by Crippen LogP contribution is -2.48. The summed E-state index contributed by atoms with van der Waals surface area (Å²) in [5.41, 5.74) is 1.74. The molecule has 0 fully saturated rings. The minimum Gasteiger partial charge on any atom is -0.486 e. The summed E-state index contributed by atoms with van der Waals surface area (Å²) >= 11 is 5.62. The zero-order valence-electron chi connectivity index (χ0n) is 15.7. The van der Waals surface area contributed by atoms with Crippen molar-refractivity contribution in [1.82, 2.24) is 0 Å². The van der Waals surface area contributed by atoms with Crippen LogP contribution in [0.3, 0.4) is 0 Å². The molecule has 0 saturated heterocycles. The first kappa shape index (κ1) is 18.7. The molecule has 8 heteroatoms. The Morgan fingerprint density at radius 1 is 1.14 bits per heavy atom. The van der Waals surface area contributed by atoms with Crippen LogP contribution in [0.4, 0.5) is 10.1 Å². The van der Waals surface area contributed by atoms with Gasteiger partial charge < -0.3 is 9.47 Å². The molecule has 0 radical (unpaired) electrons. The van der Waals surface area contributed by atoms with Crippen LogP contribution >= 0.6 is 32.9 Å². The Bertz CT molecular complexity index is 1210. The van der Waals surface area contributed by atoms with Gasteiger partial charge in [-0.05, 0) is 32.0 Å². The van der Waals surface area contributed by atoms with E-state index in [-0.39, 0.29) is 5.56 Å². The van der Waals surface area contributed by atoms with E-state index in [1.165, 1.54) is 22.5 Å². The van der Waals surface area contributed by atoms with Gasteiger partial charge in [-0.3, -0.25) is 9.69 Å². The molecule has 0 atom stereocenters. The number of amides is 1. The molecule has 3 heterocycles. The number of ether oxygens (including phenoxy) is 2. The summed E-state index contributed by atoms with van der Waals surface area (Å²) in [6, 6.07) is 9.74. The predicted octanol–water partition coefficient (Wildman–Crippen LogP) is 6.01. The third-order valence-corrected chi connectivity index (χ3v) is 8.55. The quantitative estimate of drug-likeness (QED) is 0.340. The molecule has 1 amide bonds. The van der Waals surface area contributed by atoms with Crippen LogP contribution in [0.15, 0.2) is 36.4 Å². The number of carbonyl (C=O) groups excluding carboxylic acids is 1. The van der Waals surface area contributed by atoms with Crippen LogP contribution in [-0.4, -0.2) is 19.1 Å². The lowest BCUT2D eigenvalue weighted by atomic mass is 9.86. The zero-order chi connectivity index (χ0) is 20.3. The van der Waals surface area contributed by atoms with E-state index in [9.17, 15) is 9.18 Å². The molecule has 2 aliphatic heterocycles. The Morgan fingerprint density at radius 3 is 2.55 bits per heavy atom. The average molecular weight is 446 g/mol. The van der Waals surface area contributed by atoms with Crippen molar-refractivity contribution in [3.8, 4) is 22.6 Å². The van der Waals surface area contributed by atoms with Crippen LogP contribution in [0.2, 0.25) is 0 Å². The SMILES string of the molecule is CC1(C)c2ssc(=S)c2-c2cc3c(cc2N1C(=O)c1ccccc1F)OCCO3. The number of nitrogens with zero attached hydrogens (tertiary/aromatic N) is 1. The highest BCUT2D eigenvalue weighted by atomic mass is 32.9. The fraction of sp³-hybridized carbons (Fsp3) is 0.238. The average Bonchev–Trinajstić information content (AvgIpc) is 3.10. The maximum atomic E-state index is 14.5. The normalized spacial score (nSPS) is 16.2. The van der Waals surface area contributed by atoms with Crippen LogP contribution in [0.5, 0.6) is 11.5 Å². The zero-order valence-corrected chi connectivity index (χ0v) is 18.1. The summed E-state index contributed by atoms with van der Waals surface area (Å²) in [7, 11) is 3.07. The molecule has 0 spiro atoms. The number of benzene rings is 2. The number of fused-ring (bicyclic) bond motifs is 4. The molecule has 0 aliphatic carbocycles. The van der Waals surface area contributed by atoms with Gasteiger partial charge in [0.25, 0.3) is 5.91 Å². The number of anilines is 1. The number of carbonyl (C=O) groups is 1. The number of halogens is 1. The van der Waals surface area contributed by atoms with Gasteiger partial charge in [-0.25, -0.2) is 4.39 Å². The maximum absolute atomic E-state index is 14.5. The highest BCUT2D eigenvalue weighted by molar-refractivity contribution is 7.80. The Hall–Kier alpha value is -2.29. The highest BCUT2D eigenvalue weighted by Crippen LogP contribution is 2.55. The summed E-state index contributed by atoms with van der Waals surface area (Å²) < 4.78 is 26.8. The monoisotopic (exact) mass is 445 g/mol. The van der Waals surface area contributed by atoms with Gasteiger partial charge in [-0.1, -0.05) is 45.0 Å². The number of hydrogen-bond acceptors (Lipinski definition) is 6. The van der Waals surface area contributed by atoms with Crippen LogP contribution in [0.1, 0.15) is 29.1 Å². The van der Waals surface area contributed by atoms with E-state index < -0.39 is 17.3 Å². The van der Waals surface area contributed by atoms with Crippen LogP contribution < -0.4 is 14.4 Å². The van der Waals surface area contributed by atoms with E-state index in [0.717, 1.165) is 19.8 Å². The highest BCUT2D eigenvalue weighted by Gasteiger charge is 2.44. The first-order valence-corrected chi connectivity index (χ1v) is 11.6. The molecule has 0 saturated carbocycles. The van der Waals surface area contributed by atoms with Gasteiger partial charge in [-0.15, -0.1) is 0 Å². The standard InChI is InChI=1S/C21H16FNO3S3/c1-21(2)18-17(20(27)29-28-18)12-9-15-16(26-8-7-25-15)10-14(12)23(21)19(24)11-5-3-4-6-13(11)22/h3-6,9-10H,7-8H2,1-2H3. The van der Waals surface area contributed by atoms with E-state index in [0.29, 0.717) is 30.4 Å². The van der Waals surface area contributed by atoms with Gasteiger partial charge >= 0.3 is 0 Å². The molecule has 3 aromatic rings. The summed E-state index contributed by atoms with van der Waals surface area (Å²) in [5.74, 6) is 0.257. The van der Waals surface area contributed by atoms with Crippen molar-refractivity contribution in [3.63, 3.8) is 0 Å². The van der Waals surface area contributed by atoms with Crippen molar-refractivity contribution in [2.75, 3.05) is 18.1 Å².